The fraction of sp³-hybridized carbons (Fsp3) is 0.625. The zero-order valence-electron chi connectivity index (χ0n) is 12.3. The summed E-state index contributed by atoms with van der Waals surface area (Å²) in [5, 5.41) is 0. The Kier molecular flexibility index (Phi) is 5.11. The molecule has 112 valence electrons. The molecule has 1 fully saturated rings. The van der Waals surface area contributed by atoms with E-state index >= 15 is 0 Å². The maximum absolute atomic E-state index is 14.0. The summed E-state index contributed by atoms with van der Waals surface area (Å²) in [4.78, 5) is 2.27. The van der Waals surface area contributed by atoms with Crippen molar-refractivity contribution in [3.05, 3.63) is 35.4 Å². The molecular formula is C16H24F2N2. The van der Waals surface area contributed by atoms with Gasteiger partial charge < -0.3 is 5.73 Å². The molecule has 2 rings (SSSR count). The van der Waals surface area contributed by atoms with E-state index < -0.39 is 11.6 Å². The van der Waals surface area contributed by atoms with Gasteiger partial charge in [-0.25, -0.2) is 8.78 Å². The average molecular weight is 282 g/mol. The fourth-order valence-electron chi connectivity index (χ4n) is 3.30. The van der Waals surface area contributed by atoms with E-state index in [1.807, 2.05) is 6.92 Å². The van der Waals surface area contributed by atoms with Crippen molar-refractivity contribution < 1.29 is 8.78 Å². The lowest BCUT2D eigenvalue weighted by Gasteiger charge is -2.39. The van der Waals surface area contributed by atoms with Gasteiger partial charge >= 0.3 is 0 Å². The van der Waals surface area contributed by atoms with Gasteiger partial charge in [-0.05, 0) is 45.2 Å². The lowest BCUT2D eigenvalue weighted by atomic mass is 9.89. The molecule has 1 aromatic rings. The molecule has 0 saturated heterocycles. The van der Waals surface area contributed by atoms with Crippen LogP contribution in [0.15, 0.2) is 18.2 Å². The molecule has 0 radical (unpaired) electrons. The van der Waals surface area contributed by atoms with Gasteiger partial charge in [0, 0.05) is 23.7 Å². The van der Waals surface area contributed by atoms with Crippen molar-refractivity contribution in [2.75, 3.05) is 6.54 Å². The lowest BCUT2D eigenvalue weighted by Crippen LogP contribution is -2.42. The predicted octanol–water partition coefficient (Wildman–Crippen LogP) is 3.62. The van der Waals surface area contributed by atoms with Gasteiger partial charge in [0.2, 0.25) is 0 Å². The number of nitrogens with two attached hydrogens (primary N) is 1. The Labute approximate surface area is 120 Å². The maximum atomic E-state index is 14.0. The Hall–Kier alpha value is -1.00. The molecule has 0 aromatic heterocycles. The fourth-order valence-corrected chi connectivity index (χ4v) is 3.30. The van der Waals surface area contributed by atoms with Gasteiger partial charge in [-0.1, -0.05) is 19.1 Å². The molecule has 0 amide bonds. The smallest absolute Gasteiger partial charge is 0.163 e. The minimum absolute atomic E-state index is 0.116. The predicted molar refractivity (Wildman–Crippen MR) is 77.4 cm³/mol. The van der Waals surface area contributed by atoms with E-state index in [9.17, 15) is 8.78 Å². The summed E-state index contributed by atoms with van der Waals surface area (Å²) in [6.45, 7) is 4.86. The topological polar surface area (TPSA) is 29.3 Å². The summed E-state index contributed by atoms with van der Waals surface area (Å²) in [5.41, 5.74) is 6.39. The minimum Gasteiger partial charge on any atom is -0.328 e. The number of halogens is 2. The average Bonchev–Trinajstić information content (AvgIpc) is 2.44. The van der Waals surface area contributed by atoms with Crippen LogP contribution < -0.4 is 5.73 Å². The van der Waals surface area contributed by atoms with Crippen molar-refractivity contribution in [2.45, 2.75) is 57.7 Å². The molecule has 1 aromatic carbocycles. The first kappa shape index (κ1) is 15.4. The molecule has 1 unspecified atom stereocenters. The third-order valence-corrected chi connectivity index (χ3v) is 4.50. The second-order valence-corrected chi connectivity index (χ2v) is 5.72. The summed E-state index contributed by atoms with van der Waals surface area (Å²) in [7, 11) is 0. The Morgan fingerprint density at radius 3 is 2.50 bits per heavy atom. The van der Waals surface area contributed by atoms with E-state index in [1.54, 1.807) is 12.1 Å². The standard InChI is InChI=1S/C16H24F2N2/c1-3-20(13-9-7-12(19)8-10-13)11(2)14-5-4-6-15(17)16(14)18/h4-6,11-13H,3,7-10,19H2,1-2H3. The van der Waals surface area contributed by atoms with Crippen molar-refractivity contribution in [3.63, 3.8) is 0 Å². The molecule has 0 spiro atoms. The Morgan fingerprint density at radius 2 is 1.90 bits per heavy atom. The molecule has 1 saturated carbocycles. The van der Waals surface area contributed by atoms with E-state index in [1.165, 1.54) is 6.07 Å². The summed E-state index contributed by atoms with van der Waals surface area (Å²) in [5.74, 6) is -1.48. The summed E-state index contributed by atoms with van der Waals surface area (Å²) >= 11 is 0. The molecule has 1 aliphatic carbocycles. The molecular weight excluding hydrogens is 258 g/mol. The maximum Gasteiger partial charge on any atom is 0.163 e. The molecule has 20 heavy (non-hydrogen) atoms. The zero-order valence-corrected chi connectivity index (χ0v) is 12.3. The number of hydrogen-bond donors (Lipinski definition) is 1. The van der Waals surface area contributed by atoms with Crippen LogP contribution in [0.5, 0.6) is 0 Å². The molecule has 1 aliphatic rings. The van der Waals surface area contributed by atoms with Crippen LogP contribution in [0.3, 0.4) is 0 Å². The highest BCUT2D eigenvalue weighted by Crippen LogP contribution is 2.31. The van der Waals surface area contributed by atoms with Crippen LogP contribution >= 0.6 is 0 Å². The summed E-state index contributed by atoms with van der Waals surface area (Å²) in [6.07, 6.45) is 4.10. The van der Waals surface area contributed by atoms with Gasteiger partial charge in [-0.2, -0.15) is 0 Å². The zero-order chi connectivity index (χ0) is 14.7. The monoisotopic (exact) mass is 282 g/mol. The van der Waals surface area contributed by atoms with E-state index in [0.717, 1.165) is 32.2 Å². The second kappa shape index (κ2) is 6.64. The Balaban J connectivity index is 2.16. The van der Waals surface area contributed by atoms with Gasteiger partial charge in [0.25, 0.3) is 0 Å². The van der Waals surface area contributed by atoms with Crippen LogP contribution in [-0.2, 0) is 0 Å². The quantitative estimate of drug-likeness (QED) is 0.914. The third-order valence-electron chi connectivity index (χ3n) is 4.50. The molecule has 0 heterocycles. The normalized spacial score (nSPS) is 24.9. The van der Waals surface area contributed by atoms with Gasteiger partial charge in [0.15, 0.2) is 11.6 Å². The van der Waals surface area contributed by atoms with Crippen molar-refractivity contribution in [1.29, 1.82) is 0 Å². The number of hydrogen-bond acceptors (Lipinski definition) is 2. The van der Waals surface area contributed by atoms with E-state index in [-0.39, 0.29) is 6.04 Å². The molecule has 0 bridgehead atoms. The number of nitrogens with zero attached hydrogens (tertiary/aromatic N) is 1. The van der Waals surface area contributed by atoms with Gasteiger partial charge in [-0.3, -0.25) is 4.90 Å². The first-order chi connectivity index (χ1) is 9.54. The van der Waals surface area contributed by atoms with Crippen molar-refractivity contribution >= 4 is 0 Å². The Morgan fingerprint density at radius 1 is 1.25 bits per heavy atom. The van der Waals surface area contributed by atoms with Crippen molar-refractivity contribution in [2.24, 2.45) is 5.73 Å². The van der Waals surface area contributed by atoms with Crippen molar-refractivity contribution in [3.8, 4) is 0 Å². The van der Waals surface area contributed by atoms with E-state index in [4.69, 9.17) is 5.73 Å². The van der Waals surface area contributed by atoms with Crippen molar-refractivity contribution in [1.82, 2.24) is 4.90 Å². The minimum atomic E-state index is -0.768. The molecule has 4 heteroatoms. The van der Waals surface area contributed by atoms with Crippen LogP contribution in [0.25, 0.3) is 0 Å². The molecule has 1 atom stereocenters. The molecule has 2 N–H and O–H groups in total. The largest absolute Gasteiger partial charge is 0.328 e. The second-order valence-electron chi connectivity index (χ2n) is 5.72. The third kappa shape index (κ3) is 3.18. The highest BCUT2D eigenvalue weighted by molar-refractivity contribution is 5.22. The highest BCUT2D eigenvalue weighted by Gasteiger charge is 2.28. The SMILES string of the molecule is CCN(C1CCC(N)CC1)C(C)c1cccc(F)c1F. The van der Waals surface area contributed by atoms with Gasteiger partial charge in [0.05, 0.1) is 0 Å². The highest BCUT2D eigenvalue weighted by atomic mass is 19.2. The van der Waals surface area contributed by atoms with E-state index in [0.29, 0.717) is 17.6 Å². The molecule has 2 nitrogen and oxygen atoms in total. The summed E-state index contributed by atoms with van der Waals surface area (Å²) < 4.78 is 27.3. The first-order valence-corrected chi connectivity index (χ1v) is 7.49. The number of benzene rings is 1. The van der Waals surface area contributed by atoms with E-state index in [2.05, 4.69) is 11.8 Å². The van der Waals surface area contributed by atoms with Crippen LogP contribution in [0.1, 0.15) is 51.1 Å². The van der Waals surface area contributed by atoms with Crippen LogP contribution in [0.2, 0.25) is 0 Å². The van der Waals surface area contributed by atoms with Crippen LogP contribution in [0, 0.1) is 11.6 Å². The summed E-state index contributed by atoms with van der Waals surface area (Å²) in [6, 6.07) is 5.02. The van der Waals surface area contributed by atoms with Crippen LogP contribution in [0.4, 0.5) is 8.78 Å². The Bertz CT molecular complexity index is 442. The molecule has 0 aliphatic heterocycles. The van der Waals surface area contributed by atoms with Crippen LogP contribution in [-0.4, -0.2) is 23.5 Å². The van der Waals surface area contributed by atoms with Gasteiger partial charge in [0.1, 0.15) is 0 Å². The first-order valence-electron chi connectivity index (χ1n) is 7.49. The lowest BCUT2D eigenvalue weighted by molar-refractivity contribution is 0.112. The van der Waals surface area contributed by atoms with Gasteiger partial charge in [-0.15, -0.1) is 0 Å². The number of rotatable bonds is 4.